The van der Waals surface area contributed by atoms with Gasteiger partial charge >= 0.3 is 0 Å². The molecular weight excluding hydrogens is 883 g/mol. The molecule has 0 saturated carbocycles. The van der Waals surface area contributed by atoms with E-state index in [1.54, 1.807) is 0 Å². The lowest BCUT2D eigenvalue weighted by Crippen LogP contribution is -2.50. The maximum absolute atomic E-state index is 12.5. The number of aliphatic hydroxyl groups is 3. The highest BCUT2D eigenvalue weighted by atomic mass is 16.3. The number of hydrogen-bond donors (Lipinski definition) is 4. The van der Waals surface area contributed by atoms with Crippen molar-refractivity contribution >= 4 is 5.91 Å². The number of nitrogens with one attached hydrogen (secondary N) is 1. The topological polar surface area (TPSA) is 89.8 Å². The molecule has 0 aromatic rings. The molecule has 424 valence electrons. The second-order valence-electron chi connectivity index (χ2n) is 22.3. The molecule has 0 bridgehead atoms. The average Bonchev–Trinajstić information content (AvgIpc) is 3.39. The number of unbranched alkanes of at least 4 members (excludes halogenated alkanes) is 44. The summed E-state index contributed by atoms with van der Waals surface area (Å²) in [6.45, 7) is 4.20. The van der Waals surface area contributed by atoms with Crippen molar-refractivity contribution in [2.45, 2.75) is 366 Å². The molecule has 3 atom stereocenters. The summed E-state index contributed by atoms with van der Waals surface area (Å²) in [5.74, 6) is -0.154. The molecule has 0 heterocycles. The molecule has 0 radical (unpaired) electrons. The predicted octanol–water partition coefficient (Wildman–Crippen LogP) is 20.7. The Bertz CT molecular complexity index is 1160. The molecule has 0 aliphatic carbocycles. The lowest BCUT2D eigenvalue weighted by atomic mass is 10.0. The molecule has 0 aliphatic heterocycles. The highest BCUT2D eigenvalue weighted by molar-refractivity contribution is 5.76. The number of amides is 1. The van der Waals surface area contributed by atoms with Crippen LogP contribution in [0.3, 0.4) is 0 Å². The molecule has 72 heavy (non-hydrogen) atoms. The van der Waals surface area contributed by atoms with Gasteiger partial charge in [-0.3, -0.25) is 4.79 Å². The Morgan fingerprint density at radius 1 is 0.347 bits per heavy atom. The molecule has 0 aromatic heterocycles. The number of rotatable bonds is 60. The second-order valence-corrected chi connectivity index (χ2v) is 22.3. The molecule has 0 aromatic carbocycles. The largest absolute Gasteiger partial charge is 0.394 e. The molecular formula is C67H127NO4. The minimum atomic E-state index is -1.17. The molecule has 3 unspecified atom stereocenters. The lowest BCUT2D eigenvalue weighted by molar-refractivity contribution is -0.124. The van der Waals surface area contributed by atoms with Crippen LogP contribution in [0.2, 0.25) is 0 Å². The Hall–Kier alpha value is -1.69. The fraction of sp³-hybridized carbons (Fsp3) is 0.866. The van der Waals surface area contributed by atoms with Crippen LogP contribution >= 0.6 is 0 Å². The van der Waals surface area contributed by atoms with E-state index in [0.717, 1.165) is 51.4 Å². The standard InChI is InChI=1S/C67H127NO4/c1-3-5-7-9-11-13-15-17-19-21-23-25-26-27-28-29-30-31-32-33-34-35-36-37-38-39-40-42-44-46-48-50-52-54-56-58-60-62-66(71)68-64(63-69)67(72)65(70)61-59-57-55-53-51-49-47-45-43-41-24-22-20-18-16-14-12-10-8-6-4-2/h28-29,31-32,45,47,53,55,64-65,67,69-70,72H,3-27,30,33-44,46,48-52,54,56-63H2,1-2H3,(H,68,71)/b29-28-,32-31-,47-45+,55-53+. The van der Waals surface area contributed by atoms with E-state index in [1.165, 1.54) is 270 Å². The second kappa shape index (κ2) is 61.9. The number of carbonyl (C=O) groups is 1. The van der Waals surface area contributed by atoms with E-state index >= 15 is 0 Å². The summed E-state index contributed by atoms with van der Waals surface area (Å²) in [5, 5.41) is 33.8. The van der Waals surface area contributed by atoms with Gasteiger partial charge in [0.15, 0.2) is 0 Å². The van der Waals surface area contributed by atoms with Crippen molar-refractivity contribution in [1.82, 2.24) is 5.32 Å². The summed E-state index contributed by atoms with van der Waals surface area (Å²) in [4.78, 5) is 12.5. The average molecular weight is 1010 g/mol. The zero-order valence-corrected chi connectivity index (χ0v) is 48.6. The van der Waals surface area contributed by atoms with Gasteiger partial charge in [0.25, 0.3) is 0 Å². The van der Waals surface area contributed by atoms with Gasteiger partial charge in [-0.15, -0.1) is 0 Å². The summed E-state index contributed by atoms with van der Waals surface area (Å²) in [7, 11) is 0. The van der Waals surface area contributed by atoms with Crippen LogP contribution in [0.15, 0.2) is 48.6 Å². The molecule has 4 N–H and O–H groups in total. The maximum atomic E-state index is 12.5. The van der Waals surface area contributed by atoms with Crippen LogP contribution in [0, 0.1) is 0 Å². The Balaban J connectivity index is 3.52. The first kappa shape index (κ1) is 70.3. The maximum Gasteiger partial charge on any atom is 0.220 e. The van der Waals surface area contributed by atoms with Crippen molar-refractivity contribution in [1.29, 1.82) is 0 Å². The zero-order chi connectivity index (χ0) is 52.2. The predicted molar refractivity (Wildman–Crippen MR) is 319 cm³/mol. The van der Waals surface area contributed by atoms with E-state index < -0.39 is 18.2 Å². The highest BCUT2D eigenvalue weighted by Gasteiger charge is 2.26. The molecule has 5 heteroatoms. The van der Waals surface area contributed by atoms with Crippen molar-refractivity contribution < 1.29 is 20.1 Å². The van der Waals surface area contributed by atoms with Crippen LogP contribution in [-0.2, 0) is 4.79 Å². The van der Waals surface area contributed by atoms with Crippen LogP contribution in [0.4, 0.5) is 0 Å². The summed E-state index contributed by atoms with van der Waals surface area (Å²) >= 11 is 0. The monoisotopic (exact) mass is 1010 g/mol. The Morgan fingerprint density at radius 3 is 0.931 bits per heavy atom. The fourth-order valence-corrected chi connectivity index (χ4v) is 10.2. The third kappa shape index (κ3) is 56.0. The normalized spacial score (nSPS) is 13.5. The van der Waals surface area contributed by atoms with Crippen LogP contribution in [0.5, 0.6) is 0 Å². The minimum Gasteiger partial charge on any atom is -0.394 e. The van der Waals surface area contributed by atoms with Crippen molar-refractivity contribution in [3.63, 3.8) is 0 Å². The molecule has 0 aliphatic rings. The first-order valence-electron chi connectivity index (χ1n) is 32.4. The molecule has 0 spiro atoms. The van der Waals surface area contributed by atoms with Crippen LogP contribution in [0.25, 0.3) is 0 Å². The summed E-state index contributed by atoms with van der Waals surface area (Å²) in [5.41, 5.74) is 0. The molecule has 0 fully saturated rings. The van der Waals surface area contributed by atoms with E-state index in [0.29, 0.717) is 12.8 Å². The van der Waals surface area contributed by atoms with Crippen molar-refractivity contribution in [3.8, 4) is 0 Å². The van der Waals surface area contributed by atoms with Crippen molar-refractivity contribution in [2.75, 3.05) is 6.61 Å². The molecule has 0 rings (SSSR count). The molecule has 1 amide bonds. The number of allylic oxidation sites excluding steroid dienone is 8. The molecule has 0 saturated heterocycles. The van der Waals surface area contributed by atoms with Crippen LogP contribution in [-0.4, -0.2) is 46.1 Å². The fourth-order valence-electron chi connectivity index (χ4n) is 10.2. The van der Waals surface area contributed by atoms with Gasteiger partial charge in [-0.25, -0.2) is 0 Å². The third-order valence-electron chi connectivity index (χ3n) is 15.1. The van der Waals surface area contributed by atoms with Crippen LogP contribution < -0.4 is 5.32 Å². The zero-order valence-electron chi connectivity index (χ0n) is 48.6. The first-order chi connectivity index (χ1) is 35.6. The third-order valence-corrected chi connectivity index (χ3v) is 15.1. The Kier molecular flexibility index (Phi) is 60.4. The van der Waals surface area contributed by atoms with E-state index in [9.17, 15) is 20.1 Å². The van der Waals surface area contributed by atoms with Gasteiger partial charge in [-0.1, -0.05) is 306 Å². The number of aliphatic hydroxyl groups excluding tert-OH is 3. The SMILES string of the molecule is CCCCCCCCCCCCCC/C=C/CC/C=C/CCCC(O)C(O)C(CO)NC(=O)CCCCCCCCCCCCCCCCCCC/C=C\C/C=C\CCCCCCCCCCCCCCC. The summed E-state index contributed by atoms with van der Waals surface area (Å²) in [6, 6.07) is -0.834. The number of carbonyl (C=O) groups excluding carboxylic acids is 1. The van der Waals surface area contributed by atoms with E-state index in [-0.39, 0.29) is 12.5 Å². The van der Waals surface area contributed by atoms with Gasteiger partial charge in [0.05, 0.1) is 18.8 Å². The Morgan fingerprint density at radius 2 is 0.611 bits per heavy atom. The Labute approximate surface area is 450 Å². The van der Waals surface area contributed by atoms with Crippen molar-refractivity contribution in [3.05, 3.63) is 48.6 Å². The summed E-state index contributed by atoms with van der Waals surface area (Å²) < 4.78 is 0. The van der Waals surface area contributed by atoms with E-state index in [4.69, 9.17) is 0 Å². The van der Waals surface area contributed by atoms with Gasteiger partial charge < -0.3 is 20.6 Å². The van der Waals surface area contributed by atoms with E-state index in [2.05, 4.69) is 67.8 Å². The van der Waals surface area contributed by atoms with Gasteiger partial charge in [0.1, 0.15) is 6.10 Å². The number of hydrogen-bond acceptors (Lipinski definition) is 4. The first-order valence-corrected chi connectivity index (χ1v) is 32.4. The van der Waals surface area contributed by atoms with E-state index in [1.807, 2.05) is 0 Å². The quantitative estimate of drug-likeness (QED) is 0.0361. The summed E-state index contributed by atoms with van der Waals surface area (Å²) in [6.07, 6.45) is 83.1. The van der Waals surface area contributed by atoms with Crippen LogP contribution in [0.1, 0.15) is 348 Å². The molecule has 5 nitrogen and oxygen atoms in total. The van der Waals surface area contributed by atoms with Crippen molar-refractivity contribution in [2.24, 2.45) is 0 Å². The van der Waals surface area contributed by atoms with Gasteiger partial charge in [0, 0.05) is 6.42 Å². The van der Waals surface area contributed by atoms with Gasteiger partial charge in [-0.2, -0.15) is 0 Å². The van der Waals surface area contributed by atoms with Gasteiger partial charge in [0.2, 0.25) is 5.91 Å². The minimum absolute atomic E-state index is 0.154. The smallest absolute Gasteiger partial charge is 0.220 e. The highest BCUT2D eigenvalue weighted by Crippen LogP contribution is 2.18. The van der Waals surface area contributed by atoms with Gasteiger partial charge in [-0.05, 0) is 83.5 Å². The lowest BCUT2D eigenvalue weighted by Gasteiger charge is -2.26.